The van der Waals surface area contributed by atoms with Crippen molar-refractivity contribution in [2.24, 2.45) is 0 Å². The minimum absolute atomic E-state index is 0.215. The zero-order chi connectivity index (χ0) is 14.8. The molecule has 3 rings (SSSR count). The Labute approximate surface area is 120 Å². The van der Waals surface area contributed by atoms with E-state index in [1.807, 2.05) is 13.0 Å². The van der Waals surface area contributed by atoms with Gasteiger partial charge in [0, 0.05) is 23.0 Å². The molecule has 0 atom stereocenters. The molecule has 0 fully saturated rings. The van der Waals surface area contributed by atoms with E-state index in [1.54, 1.807) is 24.4 Å². The van der Waals surface area contributed by atoms with E-state index in [9.17, 15) is 4.79 Å². The first-order valence-corrected chi connectivity index (χ1v) is 6.24. The van der Waals surface area contributed by atoms with Gasteiger partial charge in [-0.05, 0) is 31.2 Å². The van der Waals surface area contributed by atoms with Crippen molar-refractivity contribution in [2.45, 2.75) is 6.92 Å². The highest BCUT2D eigenvalue weighted by atomic mass is 16.5. The van der Waals surface area contributed by atoms with E-state index in [2.05, 4.69) is 15.1 Å². The summed E-state index contributed by atoms with van der Waals surface area (Å²) in [6.45, 7) is 1.88. The van der Waals surface area contributed by atoms with E-state index in [0.717, 1.165) is 11.3 Å². The number of carboxylic acids is 1. The van der Waals surface area contributed by atoms with Gasteiger partial charge in [0.1, 0.15) is 0 Å². The van der Waals surface area contributed by atoms with Crippen molar-refractivity contribution in [1.82, 2.24) is 15.1 Å². The van der Waals surface area contributed by atoms with Gasteiger partial charge in [0.2, 0.25) is 5.82 Å². The van der Waals surface area contributed by atoms with Crippen LogP contribution in [0.15, 0.2) is 47.1 Å². The standard InChI is InChI=1S/C15H11N3O3/c1-9-8-12(6-7-16-9)14-17-13(18-21-14)10-2-4-11(5-3-10)15(19)20/h2-8H,1H3,(H,19,20). The number of aryl methyl sites for hydroxylation is 1. The molecule has 0 unspecified atom stereocenters. The van der Waals surface area contributed by atoms with Gasteiger partial charge < -0.3 is 9.63 Å². The summed E-state index contributed by atoms with van der Waals surface area (Å²) in [5, 5.41) is 12.8. The molecule has 6 heteroatoms. The highest BCUT2D eigenvalue weighted by molar-refractivity contribution is 5.88. The number of carboxylic acid groups (broad SMARTS) is 1. The maximum atomic E-state index is 10.8. The van der Waals surface area contributed by atoms with Gasteiger partial charge in [-0.2, -0.15) is 4.98 Å². The molecule has 0 bridgehead atoms. The summed E-state index contributed by atoms with van der Waals surface area (Å²) in [4.78, 5) is 19.2. The van der Waals surface area contributed by atoms with Gasteiger partial charge in [-0.1, -0.05) is 17.3 Å². The molecule has 0 saturated carbocycles. The van der Waals surface area contributed by atoms with E-state index in [-0.39, 0.29) is 5.56 Å². The zero-order valence-electron chi connectivity index (χ0n) is 11.1. The first-order valence-electron chi connectivity index (χ1n) is 6.24. The summed E-state index contributed by atoms with van der Waals surface area (Å²) in [7, 11) is 0. The Kier molecular flexibility index (Phi) is 3.19. The van der Waals surface area contributed by atoms with Gasteiger partial charge in [-0.15, -0.1) is 0 Å². The lowest BCUT2D eigenvalue weighted by molar-refractivity contribution is 0.0697. The van der Waals surface area contributed by atoms with E-state index < -0.39 is 5.97 Å². The van der Waals surface area contributed by atoms with Gasteiger partial charge in [-0.25, -0.2) is 4.79 Å². The molecule has 1 N–H and O–H groups in total. The molecule has 0 saturated heterocycles. The van der Waals surface area contributed by atoms with E-state index in [0.29, 0.717) is 17.3 Å². The predicted octanol–water partition coefficient (Wildman–Crippen LogP) is 2.81. The minimum atomic E-state index is -0.970. The van der Waals surface area contributed by atoms with Crippen LogP contribution in [0.25, 0.3) is 22.8 Å². The Balaban J connectivity index is 1.93. The van der Waals surface area contributed by atoms with Crippen LogP contribution in [0.2, 0.25) is 0 Å². The van der Waals surface area contributed by atoms with E-state index in [4.69, 9.17) is 9.63 Å². The average molecular weight is 281 g/mol. The fraction of sp³-hybridized carbons (Fsp3) is 0.0667. The van der Waals surface area contributed by atoms with Crippen LogP contribution in [0.3, 0.4) is 0 Å². The third-order valence-electron chi connectivity index (χ3n) is 2.96. The van der Waals surface area contributed by atoms with Gasteiger partial charge >= 0.3 is 5.97 Å². The van der Waals surface area contributed by atoms with Crippen molar-refractivity contribution in [3.63, 3.8) is 0 Å². The second-order valence-corrected chi connectivity index (χ2v) is 4.49. The number of aromatic nitrogens is 3. The molecule has 0 aliphatic rings. The molecule has 1 aromatic carbocycles. The lowest BCUT2D eigenvalue weighted by Gasteiger charge is -1.96. The van der Waals surface area contributed by atoms with Crippen molar-refractivity contribution in [3.8, 4) is 22.8 Å². The third kappa shape index (κ3) is 2.64. The topological polar surface area (TPSA) is 89.1 Å². The lowest BCUT2D eigenvalue weighted by atomic mass is 10.1. The maximum Gasteiger partial charge on any atom is 0.335 e. The van der Waals surface area contributed by atoms with Crippen molar-refractivity contribution in [2.75, 3.05) is 0 Å². The van der Waals surface area contributed by atoms with Gasteiger partial charge in [-0.3, -0.25) is 4.98 Å². The fourth-order valence-corrected chi connectivity index (χ4v) is 1.90. The lowest BCUT2D eigenvalue weighted by Crippen LogP contribution is -1.95. The zero-order valence-corrected chi connectivity index (χ0v) is 11.1. The summed E-state index contributed by atoms with van der Waals surface area (Å²) in [6, 6.07) is 9.95. The normalized spacial score (nSPS) is 10.5. The van der Waals surface area contributed by atoms with Crippen LogP contribution >= 0.6 is 0 Å². The minimum Gasteiger partial charge on any atom is -0.478 e. The quantitative estimate of drug-likeness (QED) is 0.794. The Bertz CT molecular complexity index is 794. The first-order chi connectivity index (χ1) is 10.1. The number of pyridine rings is 1. The number of rotatable bonds is 3. The molecule has 0 spiro atoms. The van der Waals surface area contributed by atoms with Crippen LogP contribution in [0, 0.1) is 6.92 Å². The molecule has 6 nitrogen and oxygen atoms in total. The maximum absolute atomic E-state index is 10.8. The fourth-order valence-electron chi connectivity index (χ4n) is 1.90. The highest BCUT2D eigenvalue weighted by Crippen LogP contribution is 2.22. The van der Waals surface area contributed by atoms with E-state index >= 15 is 0 Å². The molecular weight excluding hydrogens is 270 g/mol. The van der Waals surface area contributed by atoms with Crippen LogP contribution in [-0.2, 0) is 0 Å². The van der Waals surface area contributed by atoms with Crippen molar-refractivity contribution >= 4 is 5.97 Å². The number of aromatic carboxylic acids is 1. The first kappa shape index (κ1) is 13.0. The van der Waals surface area contributed by atoms with Crippen LogP contribution in [0.1, 0.15) is 16.1 Å². The molecule has 0 radical (unpaired) electrons. The summed E-state index contributed by atoms with van der Waals surface area (Å²) in [5.41, 5.74) is 2.56. The van der Waals surface area contributed by atoms with Gasteiger partial charge in [0.25, 0.3) is 5.89 Å². The Hall–Kier alpha value is -3.02. The average Bonchev–Trinajstić information content (AvgIpc) is 2.97. The van der Waals surface area contributed by atoms with Gasteiger partial charge in [0.15, 0.2) is 0 Å². The van der Waals surface area contributed by atoms with Crippen molar-refractivity contribution in [1.29, 1.82) is 0 Å². The molecule has 0 aliphatic carbocycles. The number of benzene rings is 1. The van der Waals surface area contributed by atoms with Crippen LogP contribution in [0.5, 0.6) is 0 Å². The molecule has 0 aliphatic heterocycles. The summed E-state index contributed by atoms with van der Waals surface area (Å²) < 4.78 is 5.23. The molecule has 2 aromatic heterocycles. The van der Waals surface area contributed by atoms with Crippen LogP contribution in [0.4, 0.5) is 0 Å². The van der Waals surface area contributed by atoms with Crippen LogP contribution < -0.4 is 0 Å². The molecule has 0 amide bonds. The number of carbonyl (C=O) groups is 1. The van der Waals surface area contributed by atoms with Gasteiger partial charge in [0.05, 0.1) is 5.56 Å². The third-order valence-corrected chi connectivity index (χ3v) is 2.96. The van der Waals surface area contributed by atoms with Crippen molar-refractivity contribution in [3.05, 3.63) is 53.9 Å². The second kappa shape index (κ2) is 5.16. The van der Waals surface area contributed by atoms with E-state index in [1.165, 1.54) is 12.1 Å². The number of hydrogen-bond donors (Lipinski definition) is 1. The Morgan fingerprint density at radius 3 is 2.57 bits per heavy atom. The predicted molar refractivity (Wildman–Crippen MR) is 74.7 cm³/mol. The second-order valence-electron chi connectivity index (χ2n) is 4.49. The summed E-state index contributed by atoms with van der Waals surface area (Å²) >= 11 is 0. The summed E-state index contributed by atoms with van der Waals surface area (Å²) in [5.74, 6) is -0.156. The molecule has 2 heterocycles. The Morgan fingerprint density at radius 1 is 1.14 bits per heavy atom. The highest BCUT2D eigenvalue weighted by Gasteiger charge is 2.11. The number of hydrogen-bond acceptors (Lipinski definition) is 5. The molecule has 21 heavy (non-hydrogen) atoms. The molecule has 104 valence electrons. The largest absolute Gasteiger partial charge is 0.478 e. The number of nitrogens with zero attached hydrogens (tertiary/aromatic N) is 3. The SMILES string of the molecule is Cc1cc(-c2nc(-c3ccc(C(=O)O)cc3)no2)ccn1. The summed E-state index contributed by atoms with van der Waals surface area (Å²) in [6.07, 6.45) is 1.68. The monoisotopic (exact) mass is 281 g/mol. The molecule has 3 aromatic rings. The van der Waals surface area contributed by atoms with Crippen LogP contribution in [-0.4, -0.2) is 26.2 Å². The molecular formula is C15H11N3O3. The van der Waals surface area contributed by atoms with Crippen molar-refractivity contribution < 1.29 is 14.4 Å². The Morgan fingerprint density at radius 2 is 1.90 bits per heavy atom. The smallest absolute Gasteiger partial charge is 0.335 e.